The van der Waals surface area contributed by atoms with E-state index in [1.165, 1.54) is 11.8 Å². The number of primary amides is 1. The first kappa shape index (κ1) is 15.0. The molecule has 1 aromatic carbocycles. The van der Waals surface area contributed by atoms with Crippen LogP contribution in [-0.4, -0.2) is 35.9 Å². The summed E-state index contributed by atoms with van der Waals surface area (Å²) in [5, 5.41) is 3.23. The molecule has 0 unspecified atom stereocenters. The van der Waals surface area contributed by atoms with Gasteiger partial charge < -0.3 is 16.0 Å². The van der Waals surface area contributed by atoms with E-state index in [4.69, 9.17) is 5.73 Å². The Morgan fingerprint density at radius 2 is 2.05 bits per heavy atom. The third-order valence-electron chi connectivity index (χ3n) is 3.19. The van der Waals surface area contributed by atoms with Crippen molar-refractivity contribution in [3.05, 3.63) is 59.9 Å². The molecule has 3 N–H and O–H groups in total. The van der Waals surface area contributed by atoms with E-state index >= 15 is 0 Å². The minimum atomic E-state index is -0.469. The minimum Gasteiger partial charge on any atom is -0.383 e. The summed E-state index contributed by atoms with van der Waals surface area (Å²) in [7, 11) is 2.07. The summed E-state index contributed by atoms with van der Waals surface area (Å²) in [5.41, 5.74) is 7.75. The van der Waals surface area contributed by atoms with E-state index in [0.29, 0.717) is 5.56 Å². The lowest BCUT2D eigenvalue weighted by Gasteiger charge is -2.18. The van der Waals surface area contributed by atoms with Crippen molar-refractivity contribution in [2.45, 2.75) is 6.54 Å². The molecule has 1 aromatic heterocycles. The average molecular weight is 284 g/mol. The van der Waals surface area contributed by atoms with Gasteiger partial charge in [-0.3, -0.25) is 9.78 Å². The van der Waals surface area contributed by atoms with Crippen molar-refractivity contribution < 1.29 is 4.79 Å². The second kappa shape index (κ2) is 7.40. The van der Waals surface area contributed by atoms with Crippen molar-refractivity contribution in [1.82, 2.24) is 9.88 Å². The van der Waals surface area contributed by atoms with Gasteiger partial charge in [-0.05, 0) is 18.7 Å². The Balaban J connectivity index is 1.83. The number of likely N-dealkylation sites (N-methyl/N-ethyl adjacent to an activating group) is 1. The molecule has 0 saturated heterocycles. The highest BCUT2D eigenvalue weighted by atomic mass is 16.1. The maximum Gasteiger partial charge on any atom is 0.252 e. The number of hydrogen-bond acceptors (Lipinski definition) is 4. The minimum absolute atomic E-state index is 0.420. The van der Waals surface area contributed by atoms with Crippen LogP contribution in [0.1, 0.15) is 15.9 Å². The largest absolute Gasteiger partial charge is 0.383 e. The molecule has 0 fully saturated rings. The zero-order valence-corrected chi connectivity index (χ0v) is 12.1. The van der Waals surface area contributed by atoms with Gasteiger partial charge in [0.1, 0.15) is 0 Å². The molecule has 1 amide bonds. The standard InChI is InChI=1S/C16H20N4O/c1-20(12-13-5-3-2-4-6-13)10-9-19-15-7-8-18-11-14(15)16(17)21/h2-8,11H,9-10,12H2,1H3,(H2,17,21)(H,18,19). The second-order valence-electron chi connectivity index (χ2n) is 4.94. The lowest BCUT2D eigenvalue weighted by atomic mass is 10.2. The molecule has 5 heteroatoms. The second-order valence-corrected chi connectivity index (χ2v) is 4.94. The Hall–Kier alpha value is -2.40. The fourth-order valence-corrected chi connectivity index (χ4v) is 2.10. The molecule has 0 bridgehead atoms. The molecular formula is C16H20N4O. The van der Waals surface area contributed by atoms with Gasteiger partial charge in [0, 0.05) is 32.0 Å². The summed E-state index contributed by atoms with van der Waals surface area (Å²) in [6.07, 6.45) is 3.13. The topological polar surface area (TPSA) is 71.2 Å². The predicted octanol–water partition coefficient (Wildman–Crippen LogP) is 1.72. The Labute approximate surface area is 124 Å². The van der Waals surface area contributed by atoms with Gasteiger partial charge >= 0.3 is 0 Å². The molecule has 21 heavy (non-hydrogen) atoms. The Kier molecular flexibility index (Phi) is 5.29. The van der Waals surface area contributed by atoms with Gasteiger partial charge in [-0.15, -0.1) is 0 Å². The molecule has 0 spiro atoms. The number of carbonyl (C=O) groups is 1. The Morgan fingerprint density at radius 3 is 2.76 bits per heavy atom. The zero-order chi connectivity index (χ0) is 15.1. The monoisotopic (exact) mass is 284 g/mol. The number of hydrogen-bond donors (Lipinski definition) is 2. The van der Waals surface area contributed by atoms with Crippen molar-refractivity contribution in [1.29, 1.82) is 0 Å². The number of benzene rings is 1. The number of rotatable bonds is 7. The van der Waals surface area contributed by atoms with Crippen LogP contribution in [0.4, 0.5) is 5.69 Å². The SMILES string of the molecule is CN(CCNc1ccncc1C(N)=O)Cc1ccccc1. The molecule has 5 nitrogen and oxygen atoms in total. The predicted molar refractivity (Wildman–Crippen MR) is 84.0 cm³/mol. The van der Waals surface area contributed by atoms with Gasteiger partial charge in [0.05, 0.1) is 11.3 Å². The van der Waals surface area contributed by atoms with Gasteiger partial charge in [0.15, 0.2) is 0 Å². The van der Waals surface area contributed by atoms with Crippen LogP contribution in [0.5, 0.6) is 0 Å². The molecule has 0 aliphatic carbocycles. The summed E-state index contributed by atoms with van der Waals surface area (Å²) in [6, 6.07) is 12.1. The third-order valence-corrected chi connectivity index (χ3v) is 3.19. The lowest BCUT2D eigenvalue weighted by molar-refractivity contribution is 0.100. The van der Waals surface area contributed by atoms with E-state index in [9.17, 15) is 4.79 Å². The molecule has 1 heterocycles. The molecule has 0 radical (unpaired) electrons. The van der Waals surface area contributed by atoms with Crippen molar-refractivity contribution in [2.75, 3.05) is 25.5 Å². The van der Waals surface area contributed by atoms with E-state index in [1.54, 1.807) is 12.3 Å². The molecule has 0 saturated carbocycles. The van der Waals surface area contributed by atoms with Crippen LogP contribution in [0.3, 0.4) is 0 Å². The summed E-state index contributed by atoms with van der Waals surface area (Å²) in [5.74, 6) is -0.469. The van der Waals surface area contributed by atoms with E-state index in [2.05, 4.69) is 34.4 Å². The summed E-state index contributed by atoms with van der Waals surface area (Å²) in [4.78, 5) is 17.4. The van der Waals surface area contributed by atoms with Crippen LogP contribution in [0.25, 0.3) is 0 Å². The van der Waals surface area contributed by atoms with E-state index in [1.807, 2.05) is 18.2 Å². The van der Waals surface area contributed by atoms with Crippen LogP contribution in [0.2, 0.25) is 0 Å². The fourth-order valence-electron chi connectivity index (χ4n) is 2.10. The smallest absolute Gasteiger partial charge is 0.252 e. The molecule has 0 aliphatic rings. The average Bonchev–Trinajstić information content (AvgIpc) is 2.48. The summed E-state index contributed by atoms with van der Waals surface area (Å²) >= 11 is 0. The Morgan fingerprint density at radius 1 is 1.29 bits per heavy atom. The first-order chi connectivity index (χ1) is 10.2. The van der Waals surface area contributed by atoms with E-state index in [-0.39, 0.29) is 0 Å². The molecule has 2 rings (SSSR count). The molecule has 110 valence electrons. The maximum absolute atomic E-state index is 11.3. The van der Waals surface area contributed by atoms with E-state index in [0.717, 1.165) is 25.3 Å². The first-order valence-corrected chi connectivity index (χ1v) is 6.87. The zero-order valence-electron chi connectivity index (χ0n) is 12.1. The van der Waals surface area contributed by atoms with Gasteiger partial charge in [-0.2, -0.15) is 0 Å². The quantitative estimate of drug-likeness (QED) is 0.812. The number of anilines is 1. The van der Waals surface area contributed by atoms with Gasteiger partial charge in [-0.1, -0.05) is 30.3 Å². The van der Waals surface area contributed by atoms with Crippen LogP contribution in [0.15, 0.2) is 48.8 Å². The highest BCUT2D eigenvalue weighted by molar-refractivity contribution is 5.98. The molecular weight excluding hydrogens is 264 g/mol. The number of carbonyl (C=O) groups excluding carboxylic acids is 1. The molecule has 0 atom stereocenters. The lowest BCUT2D eigenvalue weighted by Crippen LogP contribution is -2.25. The van der Waals surface area contributed by atoms with Crippen LogP contribution >= 0.6 is 0 Å². The van der Waals surface area contributed by atoms with Crippen molar-refractivity contribution in [3.63, 3.8) is 0 Å². The van der Waals surface area contributed by atoms with Crippen LogP contribution in [-0.2, 0) is 6.54 Å². The number of aromatic nitrogens is 1. The fraction of sp³-hybridized carbons (Fsp3) is 0.250. The first-order valence-electron chi connectivity index (χ1n) is 6.87. The number of nitrogens with one attached hydrogen (secondary N) is 1. The van der Waals surface area contributed by atoms with Crippen molar-refractivity contribution in [2.24, 2.45) is 5.73 Å². The maximum atomic E-state index is 11.3. The number of nitrogens with zero attached hydrogens (tertiary/aromatic N) is 2. The van der Waals surface area contributed by atoms with Crippen LogP contribution < -0.4 is 11.1 Å². The molecule has 2 aromatic rings. The summed E-state index contributed by atoms with van der Waals surface area (Å²) in [6.45, 7) is 2.48. The van der Waals surface area contributed by atoms with E-state index < -0.39 is 5.91 Å². The van der Waals surface area contributed by atoms with Crippen LogP contribution in [0, 0.1) is 0 Å². The van der Waals surface area contributed by atoms with Crippen molar-refractivity contribution in [3.8, 4) is 0 Å². The number of nitrogens with two attached hydrogens (primary N) is 1. The van der Waals surface area contributed by atoms with Gasteiger partial charge in [0.25, 0.3) is 5.91 Å². The van der Waals surface area contributed by atoms with Crippen molar-refractivity contribution >= 4 is 11.6 Å². The Bertz CT molecular complexity index is 586. The highest BCUT2D eigenvalue weighted by Gasteiger charge is 2.07. The number of pyridine rings is 1. The number of amides is 1. The normalized spacial score (nSPS) is 10.6. The third kappa shape index (κ3) is 4.57. The molecule has 0 aliphatic heterocycles. The highest BCUT2D eigenvalue weighted by Crippen LogP contribution is 2.12. The van der Waals surface area contributed by atoms with Gasteiger partial charge in [0.2, 0.25) is 0 Å². The summed E-state index contributed by atoms with van der Waals surface area (Å²) < 4.78 is 0. The van der Waals surface area contributed by atoms with Gasteiger partial charge in [-0.25, -0.2) is 0 Å².